The zero-order chi connectivity index (χ0) is 19.8. The summed E-state index contributed by atoms with van der Waals surface area (Å²) in [5, 5.41) is 41.0. The lowest BCUT2D eigenvalue weighted by atomic mass is 9.99. The number of benzene rings is 1. The van der Waals surface area contributed by atoms with Gasteiger partial charge in [0.15, 0.2) is 6.29 Å². The van der Waals surface area contributed by atoms with Gasteiger partial charge >= 0.3 is 0 Å². The fourth-order valence-electron chi connectivity index (χ4n) is 2.74. The summed E-state index contributed by atoms with van der Waals surface area (Å²) < 4.78 is 15.7. The predicted molar refractivity (Wildman–Crippen MR) is 94.0 cm³/mol. The highest BCUT2D eigenvalue weighted by Gasteiger charge is 2.43. The zero-order valence-electron chi connectivity index (χ0n) is 15.2. The summed E-state index contributed by atoms with van der Waals surface area (Å²) in [6.07, 6.45) is -5.73. The van der Waals surface area contributed by atoms with Gasteiger partial charge in [0.25, 0.3) is 0 Å². The van der Waals surface area contributed by atoms with E-state index in [2.05, 4.69) is 5.32 Å². The minimum absolute atomic E-state index is 0.0353. The smallest absolute Gasteiger partial charge is 0.220 e. The Morgan fingerprint density at radius 2 is 2.00 bits per heavy atom. The Labute approximate surface area is 157 Å². The Kier molecular flexibility index (Phi) is 8.42. The molecule has 27 heavy (non-hydrogen) atoms. The lowest BCUT2D eigenvalue weighted by Gasteiger charge is -2.39. The maximum absolute atomic E-state index is 11.9. The van der Waals surface area contributed by atoms with E-state index in [-0.39, 0.29) is 19.1 Å². The van der Waals surface area contributed by atoms with E-state index in [9.17, 15) is 20.1 Å². The van der Waals surface area contributed by atoms with Crippen molar-refractivity contribution in [3.63, 3.8) is 0 Å². The number of rotatable bonds is 9. The third-order valence-electron chi connectivity index (χ3n) is 4.33. The van der Waals surface area contributed by atoms with Crippen LogP contribution in [0.2, 0.25) is 0 Å². The Morgan fingerprint density at radius 3 is 2.70 bits per heavy atom. The van der Waals surface area contributed by atoms with Crippen molar-refractivity contribution < 1.29 is 39.4 Å². The number of carbonyl (C=O) groups is 1. The summed E-state index contributed by atoms with van der Waals surface area (Å²) >= 11 is 0. The molecule has 9 heteroatoms. The molecule has 1 amide bonds. The number of ether oxygens (including phenoxy) is 3. The number of aliphatic hydroxyl groups excluding tert-OH is 4. The predicted octanol–water partition coefficient (Wildman–Crippen LogP) is -1.44. The number of methoxy groups -OCH3 is 1. The van der Waals surface area contributed by atoms with Crippen LogP contribution >= 0.6 is 0 Å². The number of hydrogen-bond donors (Lipinski definition) is 5. The summed E-state index contributed by atoms with van der Waals surface area (Å²) in [4.78, 5) is 11.9. The number of carbonyl (C=O) groups excluding carboxylic acids is 1. The van der Waals surface area contributed by atoms with Gasteiger partial charge in [0, 0.05) is 13.0 Å². The molecule has 0 aromatic heterocycles. The van der Waals surface area contributed by atoms with Gasteiger partial charge < -0.3 is 40.0 Å². The normalized spacial score (nSPS) is 28.0. The van der Waals surface area contributed by atoms with E-state index in [0.717, 1.165) is 11.3 Å². The first-order chi connectivity index (χ1) is 13.0. The number of hydrogen-bond acceptors (Lipinski definition) is 8. The molecule has 5 atom stereocenters. The molecular formula is C18H27NO8. The Balaban J connectivity index is 1.67. The minimum atomic E-state index is -1.49. The molecule has 0 unspecified atom stereocenters. The molecule has 1 heterocycles. The summed E-state index contributed by atoms with van der Waals surface area (Å²) in [6.45, 7) is -0.300. The van der Waals surface area contributed by atoms with Crippen LogP contribution in [0.3, 0.4) is 0 Å². The molecule has 0 saturated carbocycles. The summed E-state index contributed by atoms with van der Waals surface area (Å²) in [5.41, 5.74) is 0.988. The van der Waals surface area contributed by atoms with Gasteiger partial charge in [0.1, 0.15) is 30.2 Å². The van der Waals surface area contributed by atoms with Crippen molar-refractivity contribution in [3.05, 3.63) is 29.8 Å². The molecule has 2 rings (SSSR count). The second-order valence-electron chi connectivity index (χ2n) is 6.27. The zero-order valence-corrected chi connectivity index (χ0v) is 15.2. The van der Waals surface area contributed by atoms with Crippen LogP contribution in [0.5, 0.6) is 5.75 Å². The van der Waals surface area contributed by atoms with E-state index in [1.54, 1.807) is 7.11 Å². The summed E-state index contributed by atoms with van der Waals surface area (Å²) in [7, 11) is 1.58. The molecule has 0 aliphatic carbocycles. The molecule has 152 valence electrons. The van der Waals surface area contributed by atoms with E-state index in [0.29, 0.717) is 12.8 Å². The average molecular weight is 385 g/mol. The van der Waals surface area contributed by atoms with Crippen molar-refractivity contribution in [3.8, 4) is 5.75 Å². The van der Waals surface area contributed by atoms with Crippen molar-refractivity contribution in [1.29, 1.82) is 0 Å². The van der Waals surface area contributed by atoms with Crippen LogP contribution in [-0.2, 0) is 20.7 Å². The quantitative estimate of drug-likeness (QED) is 0.326. The van der Waals surface area contributed by atoms with Gasteiger partial charge in [-0.05, 0) is 24.1 Å². The first-order valence-electron chi connectivity index (χ1n) is 8.78. The fourth-order valence-corrected chi connectivity index (χ4v) is 2.74. The minimum Gasteiger partial charge on any atom is -0.497 e. The molecule has 1 fully saturated rings. The molecule has 1 saturated heterocycles. The van der Waals surface area contributed by atoms with Gasteiger partial charge in [0.05, 0.1) is 20.3 Å². The molecule has 0 radical (unpaired) electrons. The molecule has 9 nitrogen and oxygen atoms in total. The maximum atomic E-state index is 11.9. The SMILES string of the molecule is COc1cccc(CCC(=O)NCCO[C@@H]2O[C@H](CO)[C@H](O)[C@H](O)[C@H]2O)c1. The largest absolute Gasteiger partial charge is 0.497 e. The van der Waals surface area contributed by atoms with Crippen LogP contribution < -0.4 is 10.1 Å². The molecule has 1 aromatic carbocycles. The number of nitrogens with one attached hydrogen (secondary N) is 1. The topological polar surface area (TPSA) is 138 Å². The highest BCUT2D eigenvalue weighted by molar-refractivity contribution is 5.76. The highest BCUT2D eigenvalue weighted by atomic mass is 16.7. The van der Waals surface area contributed by atoms with Crippen molar-refractivity contribution in [2.24, 2.45) is 0 Å². The van der Waals surface area contributed by atoms with Crippen LogP contribution in [0.15, 0.2) is 24.3 Å². The van der Waals surface area contributed by atoms with E-state index >= 15 is 0 Å². The van der Waals surface area contributed by atoms with Gasteiger partial charge in [-0.15, -0.1) is 0 Å². The van der Waals surface area contributed by atoms with E-state index in [1.807, 2.05) is 24.3 Å². The summed E-state index contributed by atoms with van der Waals surface area (Å²) in [5.74, 6) is 0.580. The van der Waals surface area contributed by atoms with Crippen molar-refractivity contribution in [1.82, 2.24) is 5.32 Å². The fraction of sp³-hybridized carbons (Fsp3) is 0.611. The number of amides is 1. The lowest BCUT2D eigenvalue weighted by molar-refractivity contribution is -0.300. The number of aliphatic hydroxyl groups is 4. The van der Waals surface area contributed by atoms with Crippen LogP contribution in [0.1, 0.15) is 12.0 Å². The molecule has 0 bridgehead atoms. The van der Waals surface area contributed by atoms with Gasteiger partial charge in [-0.2, -0.15) is 0 Å². The molecule has 1 aliphatic heterocycles. The van der Waals surface area contributed by atoms with Gasteiger partial charge in [-0.1, -0.05) is 12.1 Å². The van der Waals surface area contributed by atoms with E-state index < -0.39 is 37.3 Å². The second kappa shape index (κ2) is 10.5. The van der Waals surface area contributed by atoms with Gasteiger partial charge in [0.2, 0.25) is 5.91 Å². The molecule has 1 aliphatic rings. The standard InChI is InChI=1S/C18H27NO8/c1-25-12-4-2-3-11(9-12)5-6-14(21)19-7-8-26-18-17(24)16(23)15(22)13(10-20)27-18/h2-4,9,13,15-18,20,22-24H,5-8,10H2,1H3,(H,19,21)/t13-,15+,16+,17-,18-/m1/s1. The third-order valence-corrected chi connectivity index (χ3v) is 4.33. The molecule has 1 aromatic rings. The van der Waals surface area contributed by atoms with E-state index in [1.165, 1.54) is 0 Å². The number of aryl methyl sites for hydroxylation is 1. The van der Waals surface area contributed by atoms with Crippen molar-refractivity contribution in [2.45, 2.75) is 43.5 Å². The first kappa shape index (κ1) is 21.5. The van der Waals surface area contributed by atoms with Crippen LogP contribution in [0.25, 0.3) is 0 Å². The molecule has 0 spiro atoms. The Morgan fingerprint density at radius 1 is 1.22 bits per heavy atom. The van der Waals surface area contributed by atoms with Gasteiger partial charge in [-0.25, -0.2) is 0 Å². The van der Waals surface area contributed by atoms with Crippen LogP contribution in [0, 0.1) is 0 Å². The molecule has 5 N–H and O–H groups in total. The van der Waals surface area contributed by atoms with Crippen LogP contribution in [-0.4, -0.2) is 83.9 Å². The lowest BCUT2D eigenvalue weighted by Crippen LogP contribution is -2.59. The van der Waals surface area contributed by atoms with Gasteiger partial charge in [-0.3, -0.25) is 4.79 Å². The first-order valence-corrected chi connectivity index (χ1v) is 8.78. The maximum Gasteiger partial charge on any atom is 0.220 e. The van der Waals surface area contributed by atoms with Crippen LogP contribution in [0.4, 0.5) is 0 Å². The summed E-state index contributed by atoms with van der Waals surface area (Å²) in [6, 6.07) is 7.48. The van der Waals surface area contributed by atoms with E-state index in [4.69, 9.17) is 19.3 Å². The molecular weight excluding hydrogens is 358 g/mol. The third kappa shape index (κ3) is 6.13. The average Bonchev–Trinajstić information content (AvgIpc) is 2.69. The second-order valence-corrected chi connectivity index (χ2v) is 6.27. The Hall–Kier alpha value is -1.75. The van der Waals surface area contributed by atoms with Crippen molar-refractivity contribution in [2.75, 3.05) is 26.9 Å². The highest BCUT2D eigenvalue weighted by Crippen LogP contribution is 2.21. The monoisotopic (exact) mass is 385 g/mol. The Bertz CT molecular complexity index is 596. The van der Waals surface area contributed by atoms with Crippen molar-refractivity contribution >= 4 is 5.91 Å².